The van der Waals surface area contributed by atoms with Crippen LogP contribution in [0.2, 0.25) is 0 Å². The Kier molecular flexibility index (Phi) is 5.17. The van der Waals surface area contributed by atoms with Gasteiger partial charge < -0.3 is 10.4 Å². The van der Waals surface area contributed by atoms with Crippen molar-refractivity contribution in [2.24, 2.45) is 13.0 Å². The van der Waals surface area contributed by atoms with Gasteiger partial charge in [0.05, 0.1) is 11.8 Å². The molecule has 1 aromatic heterocycles. The van der Waals surface area contributed by atoms with Crippen LogP contribution < -0.4 is 5.32 Å². The monoisotopic (exact) mass is 279 g/mol. The van der Waals surface area contributed by atoms with Crippen molar-refractivity contribution in [1.82, 2.24) is 15.1 Å². The zero-order chi connectivity index (χ0) is 14.5. The summed E-state index contributed by atoms with van der Waals surface area (Å²) in [5.41, 5.74) is 1.50. The fraction of sp³-hybridized carbons (Fsp3) is 0.733. The van der Waals surface area contributed by atoms with Crippen molar-refractivity contribution in [3.8, 4) is 0 Å². The van der Waals surface area contributed by atoms with Gasteiger partial charge in [-0.05, 0) is 32.1 Å². The SMILES string of the molecule is Cc1c(C(=O)NC(CCO)C2CCCCC2)cnn1C. The molecule has 1 saturated carbocycles. The van der Waals surface area contributed by atoms with Gasteiger partial charge in [-0.2, -0.15) is 5.10 Å². The van der Waals surface area contributed by atoms with Crippen molar-refractivity contribution in [2.75, 3.05) is 6.61 Å². The summed E-state index contributed by atoms with van der Waals surface area (Å²) < 4.78 is 1.70. The predicted molar refractivity (Wildman–Crippen MR) is 77.5 cm³/mol. The van der Waals surface area contributed by atoms with E-state index >= 15 is 0 Å². The van der Waals surface area contributed by atoms with E-state index in [0.29, 0.717) is 17.9 Å². The Balaban J connectivity index is 2.03. The maximum Gasteiger partial charge on any atom is 0.254 e. The lowest BCUT2D eigenvalue weighted by atomic mass is 9.82. The highest BCUT2D eigenvalue weighted by molar-refractivity contribution is 5.95. The lowest BCUT2D eigenvalue weighted by Gasteiger charge is -2.30. The van der Waals surface area contributed by atoms with Crippen molar-refractivity contribution in [3.05, 3.63) is 17.5 Å². The van der Waals surface area contributed by atoms with Gasteiger partial charge in [-0.25, -0.2) is 0 Å². The van der Waals surface area contributed by atoms with Crippen LogP contribution >= 0.6 is 0 Å². The van der Waals surface area contributed by atoms with Crippen molar-refractivity contribution in [3.63, 3.8) is 0 Å². The van der Waals surface area contributed by atoms with Gasteiger partial charge >= 0.3 is 0 Å². The number of aliphatic hydroxyl groups excluding tert-OH is 1. The molecule has 1 amide bonds. The first-order chi connectivity index (χ1) is 9.63. The minimum Gasteiger partial charge on any atom is -0.396 e. The molecule has 0 aliphatic heterocycles. The Bertz CT molecular complexity index is 450. The van der Waals surface area contributed by atoms with Gasteiger partial charge in [-0.15, -0.1) is 0 Å². The number of aliphatic hydroxyl groups is 1. The number of aryl methyl sites for hydroxylation is 1. The Hall–Kier alpha value is -1.36. The predicted octanol–water partition coefficient (Wildman–Crippen LogP) is 1.79. The Morgan fingerprint density at radius 1 is 1.50 bits per heavy atom. The third kappa shape index (κ3) is 3.39. The van der Waals surface area contributed by atoms with Gasteiger partial charge in [0, 0.05) is 25.4 Å². The highest BCUT2D eigenvalue weighted by atomic mass is 16.3. The number of nitrogens with zero attached hydrogens (tertiary/aromatic N) is 2. The standard InChI is InChI=1S/C15H25N3O2/c1-11-13(10-16-18(11)2)15(20)17-14(8-9-19)12-6-4-3-5-7-12/h10,12,14,19H,3-9H2,1-2H3,(H,17,20). The van der Waals surface area contributed by atoms with Gasteiger partial charge in [-0.1, -0.05) is 19.3 Å². The number of hydrogen-bond acceptors (Lipinski definition) is 3. The topological polar surface area (TPSA) is 67.2 Å². The van der Waals surface area contributed by atoms with E-state index in [1.807, 2.05) is 14.0 Å². The summed E-state index contributed by atoms with van der Waals surface area (Å²) in [6.45, 7) is 2.01. The molecule has 0 saturated heterocycles. The summed E-state index contributed by atoms with van der Waals surface area (Å²) in [6.07, 6.45) is 8.30. The average molecular weight is 279 g/mol. The lowest BCUT2D eigenvalue weighted by molar-refractivity contribution is 0.0899. The summed E-state index contributed by atoms with van der Waals surface area (Å²) in [7, 11) is 1.83. The van der Waals surface area contributed by atoms with E-state index in [9.17, 15) is 9.90 Å². The number of aromatic nitrogens is 2. The van der Waals surface area contributed by atoms with Crippen LogP contribution in [0.1, 0.15) is 54.6 Å². The van der Waals surface area contributed by atoms with E-state index in [2.05, 4.69) is 10.4 Å². The molecule has 0 bridgehead atoms. The van der Waals surface area contributed by atoms with E-state index in [4.69, 9.17) is 0 Å². The first-order valence-electron chi connectivity index (χ1n) is 7.53. The second kappa shape index (κ2) is 6.88. The molecule has 1 unspecified atom stereocenters. The molecule has 0 radical (unpaired) electrons. The fourth-order valence-electron chi connectivity index (χ4n) is 3.07. The van der Waals surface area contributed by atoms with Crippen LogP contribution in [-0.2, 0) is 7.05 Å². The van der Waals surface area contributed by atoms with Crippen LogP contribution in [0, 0.1) is 12.8 Å². The van der Waals surface area contributed by atoms with Crippen LogP contribution in [0.15, 0.2) is 6.20 Å². The Labute approximate surface area is 120 Å². The van der Waals surface area contributed by atoms with E-state index in [1.165, 1.54) is 19.3 Å². The molecule has 20 heavy (non-hydrogen) atoms. The van der Waals surface area contributed by atoms with Crippen LogP contribution in [0.3, 0.4) is 0 Å². The van der Waals surface area contributed by atoms with Crippen molar-refractivity contribution in [2.45, 2.75) is 51.5 Å². The summed E-state index contributed by atoms with van der Waals surface area (Å²) >= 11 is 0. The Morgan fingerprint density at radius 3 is 2.75 bits per heavy atom. The molecule has 5 nitrogen and oxygen atoms in total. The normalized spacial score (nSPS) is 17.9. The lowest BCUT2D eigenvalue weighted by Crippen LogP contribution is -2.41. The number of carbonyl (C=O) groups excluding carboxylic acids is 1. The van der Waals surface area contributed by atoms with E-state index in [-0.39, 0.29) is 18.6 Å². The molecule has 1 fully saturated rings. The molecular formula is C15H25N3O2. The van der Waals surface area contributed by atoms with Crippen LogP contribution in [0.25, 0.3) is 0 Å². The van der Waals surface area contributed by atoms with Gasteiger partial charge in [-0.3, -0.25) is 9.48 Å². The van der Waals surface area contributed by atoms with Gasteiger partial charge in [0.2, 0.25) is 0 Å². The highest BCUT2D eigenvalue weighted by Crippen LogP contribution is 2.28. The maximum atomic E-state index is 12.4. The van der Waals surface area contributed by atoms with Gasteiger partial charge in [0.25, 0.3) is 5.91 Å². The van der Waals surface area contributed by atoms with Crippen LogP contribution in [0.5, 0.6) is 0 Å². The zero-order valence-electron chi connectivity index (χ0n) is 12.4. The maximum absolute atomic E-state index is 12.4. The molecule has 2 N–H and O–H groups in total. The Morgan fingerprint density at radius 2 is 2.20 bits per heavy atom. The van der Waals surface area contributed by atoms with Crippen molar-refractivity contribution < 1.29 is 9.90 Å². The molecule has 1 aromatic rings. The third-order valence-electron chi connectivity index (χ3n) is 4.46. The summed E-state index contributed by atoms with van der Waals surface area (Å²) in [5.74, 6) is 0.427. The molecule has 1 heterocycles. The molecule has 2 rings (SSSR count). The first kappa shape index (κ1) is 15.0. The summed E-state index contributed by atoms with van der Waals surface area (Å²) in [4.78, 5) is 12.4. The zero-order valence-corrected chi connectivity index (χ0v) is 12.4. The number of rotatable bonds is 5. The molecular weight excluding hydrogens is 254 g/mol. The molecule has 0 spiro atoms. The molecule has 1 aliphatic rings. The highest BCUT2D eigenvalue weighted by Gasteiger charge is 2.26. The van der Waals surface area contributed by atoms with Gasteiger partial charge in [0.1, 0.15) is 0 Å². The minimum absolute atomic E-state index is 0.0698. The van der Waals surface area contributed by atoms with E-state index < -0.39 is 0 Å². The summed E-state index contributed by atoms with van der Waals surface area (Å²) in [5, 5.41) is 16.5. The second-order valence-corrected chi connectivity index (χ2v) is 5.76. The van der Waals surface area contributed by atoms with Crippen molar-refractivity contribution in [1.29, 1.82) is 0 Å². The third-order valence-corrected chi connectivity index (χ3v) is 4.46. The van der Waals surface area contributed by atoms with Crippen LogP contribution in [0.4, 0.5) is 0 Å². The molecule has 0 aromatic carbocycles. The van der Waals surface area contributed by atoms with Gasteiger partial charge in [0.15, 0.2) is 0 Å². The smallest absolute Gasteiger partial charge is 0.254 e. The second-order valence-electron chi connectivity index (χ2n) is 5.76. The quantitative estimate of drug-likeness (QED) is 0.863. The minimum atomic E-state index is -0.0698. The number of amides is 1. The van der Waals surface area contributed by atoms with E-state index in [0.717, 1.165) is 18.5 Å². The fourth-order valence-corrected chi connectivity index (χ4v) is 3.07. The largest absolute Gasteiger partial charge is 0.396 e. The number of nitrogens with one attached hydrogen (secondary N) is 1. The molecule has 1 aliphatic carbocycles. The number of carbonyl (C=O) groups is 1. The first-order valence-corrected chi connectivity index (χ1v) is 7.53. The van der Waals surface area contributed by atoms with Crippen LogP contribution in [-0.4, -0.2) is 33.4 Å². The average Bonchev–Trinajstić information content (AvgIpc) is 2.79. The molecule has 112 valence electrons. The number of hydrogen-bond donors (Lipinski definition) is 2. The molecule has 1 atom stereocenters. The molecule has 5 heteroatoms. The van der Waals surface area contributed by atoms with E-state index in [1.54, 1.807) is 10.9 Å². The van der Waals surface area contributed by atoms with Crippen molar-refractivity contribution >= 4 is 5.91 Å². The summed E-state index contributed by atoms with van der Waals surface area (Å²) in [6, 6.07) is 0.0763.